The zero-order valence-corrected chi connectivity index (χ0v) is 17.7. The van der Waals surface area contributed by atoms with E-state index in [9.17, 15) is 9.59 Å². The topological polar surface area (TPSA) is 64.0 Å². The average Bonchev–Trinajstić information content (AvgIpc) is 2.64. The molecule has 3 rings (SSSR count). The van der Waals surface area contributed by atoms with Gasteiger partial charge in [0.15, 0.2) is 5.16 Å². The van der Waals surface area contributed by atoms with Crippen molar-refractivity contribution in [2.45, 2.75) is 38.3 Å². The number of hydrogen-bond acceptors (Lipinski definition) is 4. The van der Waals surface area contributed by atoms with E-state index in [0.29, 0.717) is 16.1 Å². The Morgan fingerprint density at radius 3 is 2.46 bits per heavy atom. The Bertz CT molecular complexity index is 1080. The maximum absolute atomic E-state index is 12.6. The van der Waals surface area contributed by atoms with Crippen LogP contribution in [0.5, 0.6) is 0 Å². The molecule has 0 saturated carbocycles. The number of carbonyl (C=O) groups excluding carboxylic acids is 1. The molecule has 1 amide bonds. The number of anilines is 1. The molecule has 1 N–H and O–H groups in total. The summed E-state index contributed by atoms with van der Waals surface area (Å²) in [6.07, 6.45) is 0. The maximum Gasteiger partial charge on any atom is 0.261 e. The molecule has 0 spiro atoms. The van der Waals surface area contributed by atoms with Gasteiger partial charge in [-0.2, -0.15) is 0 Å². The Hall–Kier alpha value is -2.60. The first-order valence-electron chi connectivity index (χ1n) is 9.16. The Kier molecular flexibility index (Phi) is 5.61. The lowest BCUT2D eigenvalue weighted by Gasteiger charge is -2.19. The fraction of sp³-hybridized carbons (Fsp3) is 0.318. The number of aryl methyl sites for hydroxylation is 1. The number of aromatic nitrogens is 2. The third-order valence-electron chi connectivity index (χ3n) is 4.56. The summed E-state index contributed by atoms with van der Waals surface area (Å²) in [7, 11) is 1.68. The molecule has 0 unspecified atom stereocenters. The molecular formula is C22H25N3O2S. The largest absolute Gasteiger partial charge is 0.325 e. The lowest BCUT2D eigenvalue weighted by atomic mass is 9.87. The molecule has 0 aliphatic carbocycles. The lowest BCUT2D eigenvalue weighted by Crippen LogP contribution is -2.21. The molecule has 0 aliphatic rings. The average molecular weight is 396 g/mol. The fourth-order valence-corrected chi connectivity index (χ4v) is 3.65. The summed E-state index contributed by atoms with van der Waals surface area (Å²) in [6.45, 7) is 8.40. The lowest BCUT2D eigenvalue weighted by molar-refractivity contribution is -0.113. The van der Waals surface area contributed by atoms with Gasteiger partial charge < -0.3 is 5.32 Å². The van der Waals surface area contributed by atoms with Gasteiger partial charge in [-0.25, -0.2) is 4.98 Å². The molecule has 1 aromatic heterocycles. The Morgan fingerprint density at radius 1 is 1.14 bits per heavy atom. The summed E-state index contributed by atoms with van der Waals surface area (Å²) in [5, 5.41) is 4.01. The van der Waals surface area contributed by atoms with Gasteiger partial charge in [0, 0.05) is 12.7 Å². The van der Waals surface area contributed by atoms with Gasteiger partial charge in [-0.3, -0.25) is 14.2 Å². The van der Waals surface area contributed by atoms with Crippen LogP contribution in [0.15, 0.2) is 52.4 Å². The van der Waals surface area contributed by atoms with Crippen LogP contribution in [0.3, 0.4) is 0 Å². The molecule has 0 bridgehead atoms. The number of amides is 1. The Morgan fingerprint density at radius 2 is 1.82 bits per heavy atom. The van der Waals surface area contributed by atoms with E-state index in [1.165, 1.54) is 21.9 Å². The van der Waals surface area contributed by atoms with Gasteiger partial charge in [-0.05, 0) is 42.2 Å². The number of nitrogens with one attached hydrogen (secondary N) is 1. The molecule has 5 nitrogen and oxygen atoms in total. The van der Waals surface area contributed by atoms with Crippen molar-refractivity contribution in [1.29, 1.82) is 0 Å². The standard InChI is InChI=1S/C22H25N3O2S/c1-14-6-11-18-17(12-14)20(27)25(5)21(24-18)28-13-19(26)23-16-9-7-15(8-10-16)22(2,3)4/h6-12H,13H2,1-5H3,(H,23,26). The van der Waals surface area contributed by atoms with Crippen LogP contribution < -0.4 is 10.9 Å². The van der Waals surface area contributed by atoms with Crippen molar-refractivity contribution in [1.82, 2.24) is 9.55 Å². The fourth-order valence-electron chi connectivity index (χ4n) is 2.87. The third-order valence-corrected chi connectivity index (χ3v) is 5.59. The van der Waals surface area contributed by atoms with Crippen LogP contribution >= 0.6 is 11.8 Å². The summed E-state index contributed by atoms with van der Waals surface area (Å²) in [5.74, 6) is 0.0466. The third kappa shape index (κ3) is 4.44. The molecule has 0 fully saturated rings. The summed E-state index contributed by atoms with van der Waals surface area (Å²) >= 11 is 1.25. The van der Waals surface area contributed by atoms with Crippen LogP contribution in [-0.4, -0.2) is 21.2 Å². The smallest absolute Gasteiger partial charge is 0.261 e. The zero-order valence-electron chi connectivity index (χ0n) is 16.9. The van der Waals surface area contributed by atoms with E-state index in [-0.39, 0.29) is 22.6 Å². The van der Waals surface area contributed by atoms with E-state index in [2.05, 4.69) is 31.1 Å². The highest BCUT2D eigenvalue weighted by molar-refractivity contribution is 7.99. The minimum Gasteiger partial charge on any atom is -0.325 e. The first-order valence-corrected chi connectivity index (χ1v) is 10.1. The summed E-state index contributed by atoms with van der Waals surface area (Å²) in [5.41, 5.74) is 3.61. The van der Waals surface area contributed by atoms with Crippen LogP contribution in [0.4, 0.5) is 5.69 Å². The molecule has 146 valence electrons. The second kappa shape index (κ2) is 7.80. The summed E-state index contributed by atoms with van der Waals surface area (Å²) in [4.78, 5) is 29.4. The first-order chi connectivity index (χ1) is 13.1. The van der Waals surface area contributed by atoms with Gasteiger partial charge in [0.05, 0.1) is 16.7 Å². The van der Waals surface area contributed by atoms with Gasteiger partial charge >= 0.3 is 0 Å². The Balaban J connectivity index is 1.70. The number of hydrogen-bond donors (Lipinski definition) is 1. The Labute approximate surface area is 169 Å². The molecule has 0 saturated heterocycles. The summed E-state index contributed by atoms with van der Waals surface area (Å²) < 4.78 is 1.50. The van der Waals surface area contributed by atoms with E-state index in [4.69, 9.17) is 0 Å². The molecule has 0 radical (unpaired) electrons. The van der Waals surface area contributed by atoms with E-state index >= 15 is 0 Å². The van der Waals surface area contributed by atoms with E-state index in [1.807, 2.05) is 49.4 Å². The van der Waals surface area contributed by atoms with Crippen molar-refractivity contribution < 1.29 is 4.79 Å². The van der Waals surface area contributed by atoms with Gasteiger partial charge in [-0.15, -0.1) is 0 Å². The van der Waals surface area contributed by atoms with E-state index in [1.54, 1.807) is 7.05 Å². The van der Waals surface area contributed by atoms with Crippen LogP contribution in [0.1, 0.15) is 31.9 Å². The van der Waals surface area contributed by atoms with E-state index in [0.717, 1.165) is 11.3 Å². The van der Waals surface area contributed by atoms with E-state index < -0.39 is 0 Å². The van der Waals surface area contributed by atoms with Gasteiger partial charge in [0.25, 0.3) is 5.56 Å². The van der Waals surface area contributed by atoms with Crippen molar-refractivity contribution in [3.05, 3.63) is 63.9 Å². The van der Waals surface area contributed by atoms with Crippen LogP contribution in [0, 0.1) is 6.92 Å². The normalized spacial score (nSPS) is 11.6. The zero-order chi connectivity index (χ0) is 20.5. The minimum atomic E-state index is -0.133. The monoisotopic (exact) mass is 395 g/mol. The molecule has 3 aromatic rings. The van der Waals surface area contributed by atoms with Gasteiger partial charge in [-0.1, -0.05) is 56.3 Å². The molecule has 0 atom stereocenters. The second-order valence-electron chi connectivity index (χ2n) is 7.94. The highest BCUT2D eigenvalue weighted by atomic mass is 32.2. The van der Waals surface area contributed by atoms with Crippen LogP contribution in [0.2, 0.25) is 0 Å². The number of thioether (sulfide) groups is 1. The predicted octanol–water partition coefficient (Wildman–Crippen LogP) is 4.27. The van der Waals surface area contributed by atoms with Crippen molar-refractivity contribution >= 4 is 34.3 Å². The summed E-state index contributed by atoms with van der Waals surface area (Å²) in [6, 6.07) is 13.5. The van der Waals surface area contributed by atoms with Crippen LogP contribution in [0.25, 0.3) is 10.9 Å². The number of benzene rings is 2. The van der Waals surface area contributed by atoms with Crippen molar-refractivity contribution in [3.63, 3.8) is 0 Å². The number of carbonyl (C=O) groups is 1. The predicted molar refractivity (Wildman–Crippen MR) is 116 cm³/mol. The molecule has 0 aliphatic heterocycles. The second-order valence-corrected chi connectivity index (χ2v) is 8.89. The number of fused-ring (bicyclic) bond motifs is 1. The number of rotatable bonds is 4. The highest BCUT2D eigenvalue weighted by Crippen LogP contribution is 2.24. The SMILES string of the molecule is Cc1ccc2nc(SCC(=O)Nc3ccc(C(C)(C)C)cc3)n(C)c(=O)c2c1. The molecular weight excluding hydrogens is 370 g/mol. The van der Waals surface area contributed by atoms with Gasteiger partial charge in [0.2, 0.25) is 5.91 Å². The maximum atomic E-state index is 12.6. The quantitative estimate of drug-likeness (QED) is 0.529. The molecule has 2 aromatic carbocycles. The molecule has 28 heavy (non-hydrogen) atoms. The number of nitrogens with zero attached hydrogens (tertiary/aromatic N) is 2. The van der Waals surface area contributed by atoms with Crippen LogP contribution in [-0.2, 0) is 17.3 Å². The van der Waals surface area contributed by atoms with Crippen molar-refractivity contribution in [2.75, 3.05) is 11.1 Å². The van der Waals surface area contributed by atoms with Crippen molar-refractivity contribution in [2.24, 2.45) is 7.05 Å². The highest BCUT2D eigenvalue weighted by Gasteiger charge is 2.14. The molecule has 6 heteroatoms. The first kappa shape index (κ1) is 20.1. The van der Waals surface area contributed by atoms with Crippen molar-refractivity contribution in [3.8, 4) is 0 Å². The van der Waals surface area contributed by atoms with Gasteiger partial charge in [0.1, 0.15) is 0 Å². The molecule has 1 heterocycles. The minimum absolute atomic E-state index is 0.0729.